The fraction of sp³-hybridized carbons (Fsp3) is 0.412. The zero-order chi connectivity index (χ0) is 28.9. The van der Waals surface area contributed by atoms with Crippen molar-refractivity contribution in [1.29, 1.82) is 0 Å². The molecule has 0 saturated carbocycles. The van der Waals surface area contributed by atoms with Crippen LogP contribution in [0.4, 0.5) is 0 Å². The summed E-state index contributed by atoms with van der Waals surface area (Å²) >= 11 is 12.6. The highest BCUT2D eigenvalue weighted by Crippen LogP contribution is 2.32. The van der Waals surface area contributed by atoms with E-state index in [0.29, 0.717) is 47.6 Å². The molecule has 0 aliphatic carbocycles. The van der Waals surface area contributed by atoms with Crippen molar-refractivity contribution in [2.75, 3.05) is 39.3 Å². The Balaban J connectivity index is 1.23. The van der Waals surface area contributed by atoms with Crippen LogP contribution in [0.1, 0.15) is 57.9 Å². The quantitative estimate of drug-likeness (QED) is 0.297. The van der Waals surface area contributed by atoms with Gasteiger partial charge in [-0.15, -0.1) is 0 Å². The Bertz CT molecular complexity index is 1350. The highest BCUT2D eigenvalue weighted by Gasteiger charge is 2.34. The number of aryl methyl sites for hydroxylation is 2. The Labute approximate surface area is 254 Å². The lowest BCUT2D eigenvalue weighted by atomic mass is 9.90. The van der Waals surface area contributed by atoms with Gasteiger partial charge in [0.05, 0.1) is 16.1 Å². The standard InChI is InChI=1S/C34H39Cl2N3O2/c1-24-18-25(2)20-29(19-24)34(41)38-16-17-39(32(23-38)28-8-9-30(35)31(36)22-28)33(40)12-15-37-13-10-27(11-14-37)21-26-6-4-3-5-7-26/h3-9,18-20,22,27,32H,10-17,21,23H2,1-2H3/t32-/m0/s1. The van der Waals surface area contributed by atoms with Gasteiger partial charge >= 0.3 is 0 Å². The minimum absolute atomic E-state index is 0.00710. The monoisotopic (exact) mass is 591 g/mol. The van der Waals surface area contributed by atoms with E-state index in [2.05, 4.69) is 41.3 Å². The van der Waals surface area contributed by atoms with E-state index in [1.54, 1.807) is 6.07 Å². The number of benzene rings is 3. The molecule has 5 nitrogen and oxygen atoms in total. The summed E-state index contributed by atoms with van der Waals surface area (Å²) in [6.07, 6.45) is 3.92. The van der Waals surface area contributed by atoms with Gasteiger partial charge in [0.2, 0.25) is 5.91 Å². The fourth-order valence-electron chi connectivity index (χ4n) is 6.31. The first kappa shape index (κ1) is 29.6. The molecule has 3 aromatic carbocycles. The Kier molecular flexibility index (Phi) is 9.69. The lowest BCUT2D eigenvalue weighted by Gasteiger charge is -2.42. The van der Waals surface area contributed by atoms with Crippen molar-refractivity contribution < 1.29 is 9.59 Å². The average Bonchev–Trinajstić information content (AvgIpc) is 2.97. The van der Waals surface area contributed by atoms with Crippen LogP contribution in [0.5, 0.6) is 0 Å². The number of hydrogen-bond acceptors (Lipinski definition) is 3. The maximum absolute atomic E-state index is 13.7. The van der Waals surface area contributed by atoms with Crippen molar-refractivity contribution in [1.82, 2.24) is 14.7 Å². The number of amides is 2. The van der Waals surface area contributed by atoms with Gasteiger partial charge in [-0.1, -0.05) is 76.8 Å². The first-order chi connectivity index (χ1) is 19.8. The zero-order valence-corrected chi connectivity index (χ0v) is 25.5. The maximum atomic E-state index is 13.7. The predicted molar refractivity (Wildman–Crippen MR) is 167 cm³/mol. The second-order valence-corrected chi connectivity index (χ2v) is 12.4. The largest absolute Gasteiger partial charge is 0.334 e. The summed E-state index contributed by atoms with van der Waals surface area (Å²) in [5, 5.41) is 0.927. The molecule has 2 heterocycles. The Hall–Kier alpha value is -2.86. The lowest BCUT2D eigenvalue weighted by Crippen LogP contribution is -2.52. The van der Waals surface area contributed by atoms with E-state index < -0.39 is 0 Å². The number of carbonyl (C=O) groups excluding carboxylic acids is 2. The first-order valence-corrected chi connectivity index (χ1v) is 15.4. The first-order valence-electron chi connectivity index (χ1n) is 14.6. The Morgan fingerprint density at radius 3 is 2.22 bits per heavy atom. The van der Waals surface area contributed by atoms with Gasteiger partial charge in [0.15, 0.2) is 0 Å². The van der Waals surface area contributed by atoms with Crippen molar-refractivity contribution in [3.05, 3.63) is 105 Å². The summed E-state index contributed by atoms with van der Waals surface area (Å²) in [6, 6.07) is 21.9. The fourth-order valence-corrected chi connectivity index (χ4v) is 6.62. The summed E-state index contributed by atoms with van der Waals surface area (Å²) in [5.41, 5.74) is 5.11. The number of piperazine rings is 1. The second-order valence-electron chi connectivity index (χ2n) is 11.6. The molecule has 3 aromatic rings. The number of nitrogens with zero attached hydrogens (tertiary/aromatic N) is 3. The third-order valence-corrected chi connectivity index (χ3v) is 9.24. The molecule has 2 aliphatic rings. The molecule has 1 atom stereocenters. The van der Waals surface area contributed by atoms with Crippen LogP contribution in [0.15, 0.2) is 66.7 Å². The number of rotatable bonds is 7. The van der Waals surface area contributed by atoms with Crippen LogP contribution in [-0.4, -0.2) is 65.8 Å². The maximum Gasteiger partial charge on any atom is 0.254 e. The third kappa shape index (κ3) is 7.51. The summed E-state index contributed by atoms with van der Waals surface area (Å²) < 4.78 is 0. The summed E-state index contributed by atoms with van der Waals surface area (Å²) in [6.45, 7) is 8.22. The molecule has 0 unspecified atom stereocenters. The van der Waals surface area contributed by atoms with Crippen molar-refractivity contribution in [2.24, 2.45) is 5.92 Å². The molecule has 41 heavy (non-hydrogen) atoms. The second kappa shape index (κ2) is 13.4. The van der Waals surface area contributed by atoms with Crippen LogP contribution in [0, 0.1) is 19.8 Å². The number of likely N-dealkylation sites (tertiary alicyclic amines) is 1. The van der Waals surface area contributed by atoms with Crippen molar-refractivity contribution in [2.45, 2.75) is 45.6 Å². The molecular weight excluding hydrogens is 553 g/mol. The minimum atomic E-state index is -0.280. The molecule has 216 valence electrons. The Morgan fingerprint density at radius 1 is 0.829 bits per heavy atom. The van der Waals surface area contributed by atoms with Crippen LogP contribution in [0.25, 0.3) is 0 Å². The molecule has 7 heteroatoms. The molecule has 0 spiro atoms. The molecule has 0 aromatic heterocycles. The molecular formula is C34H39Cl2N3O2. The van der Waals surface area contributed by atoms with Gasteiger partial charge in [-0.05, 0) is 87.5 Å². The number of halogens is 2. The van der Waals surface area contributed by atoms with Gasteiger partial charge in [0.1, 0.15) is 0 Å². The highest BCUT2D eigenvalue weighted by molar-refractivity contribution is 6.42. The molecule has 2 fully saturated rings. The minimum Gasteiger partial charge on any atom is -0.334 e. The van der Waals surface area contributed by atoms with Crippen LogP contribution >= 0.6 is 23.2 Å². The highest BCUT2D eigenvalue weighted by atomic mass is 35.5. The van der Waals surface area contributed by atoms with Gasteiger partial charge in [0.25, 0.3) is 5.91 Å². The molecule has 2 saturated heterocycles. The van der Waals surface area contributed by atoms with Crippen molar-refractivity contribution in [3.8, 4) is 0 Å². The normalized spacial score (nSPS) is 18.5. The van der Waals surface area contributed by atoms with Crippen LogP contribution < -0.4 is 0 Å². The predicted octanol–water partition coefficient (Wildman–Crippen LogP) is 6.98. The molecule has 0 N–H and O–H groups in total. The van der Waals surface area contributed by atoms with Crippen molar-refractivity contribution in [3.63, 3.8) is 0 Å². The summed E-state index contributed by atoms with van der Waals surface area (Å²) in [5.74, 6) is 0.810. The number of hydrogen-bond donors (Lipinski definition) is 0. The van der Waals surface area contributed by atoms with E-state index in [4.69, 9.17) is 23.2 Å². The van der Waals surface area contributed by atoms with E-state index in [-0.39, 0.29) is 17.9 Å². The molecule has 0 bridgehead atoms. The van der Waals surface area contributed by atoms with Crippen LogP contribution in [-0.2, 0) is 11.2 Å². The molecule has 2 amide bonds. The molecule has 0 radical (unpaired) electrons. The summed E-state index contributed by atoms with van der Waals surface area (Å²) in [4.78, 5) is 33.4. The van der Waals surface area contributed by atoms with Crippen LogP contribution in [0.3, 0.4) is 0 Å². The third-order valence-electron chi connectivity index (χ3n) is 8.50. The van der Waals surface area contributed by atoms with Gasteiger partial charge < -0.3 is 14.7 Å². The SMILES string of the molecule is Cc1cc(C)cc(C(=O)N2CCN(C(=O)CCN3CCC(Cc4ccccc4)CC3)[C@H](c3ccc(Cl)c(Cl)c3)C2)c1. The van der Waals surface area contributed by atoms with E-state index in [0.717, 1.165) is 55.6 Å². The average molecular weight is 593 g/mol. The van der Waals surface area contributed by atoms with Crippen LogP contribution in [0.2, 0.25) is 10.0 Å². The van der Waals surface area contributed by atoms with E-state index in [1.807, 2.05) is 47.9 Å². The number of carbonyl (C=O) groups is 2. The number of piperidine rings is 1. The zero-order valence-electron chi connectivity index (χ0n) is 24.0. The van der Waals surface area contributed by atoms with E-state index in [1.165, 1.54) is 5.56 Å². The molecule has 2 aliphatic heterocycles. The lowest BCUT2D eigenvalue weighted by molar-refractivity contribution is -0.136. The summed E-state index contributed by atoms with van der Waals surface area (Å²) in [7, 11) is 0. The van der Waals surface area contributed by atoms with E-state index >= 15 is 0 Å². The van der Waals surface area contributed by atoms with Gasteiger partial charge in [-0.25, -0.2) is 0 Å². The van der Waals surface area contributed by atoms with Gasteiger partial charge in [-0.3, -0.25) is 9.59 Å². The topological polar surface area (TPSA) is 43.9 Å². The van der Waals surface area contributed by atoms with E-state index in [9.17, 15) is 9.59 Å². The smallest absolute Gasteiger partial charge is 0.254 e. The Morgan fingerprint density at radius 2 is 1.54 bits per heavy atom. The van der Waals surface area contributed by atoms with Gasteiger partial charge in [-0.2, -0.15) is 0 Å². The van der Waals surface area contributed by atoms with Gasteiger partial charge in [0, 0.05) is 38.2 Å². The molecule has 5 rings (SSSR count). The van der Waals surface area contributed by atoms with Crippen molar-refractivity contribution >= 4 is 35.0 Å².